The molecule has 0 saturated carbocycles. The van der Waals surface area contributed by atoms with E-state index in [1.807, 2.05) is 24.4 Å². The number of fused-ring (bicyclic) bond motifs is 2. The van der Waals surface area contributed by atoms with E-state index in [2.05, 4.69) is 152 Å². The zero-order chi connectivity index (χ0) is 36.1. The average molecular weight is 687 g/mol. The fourth-order valence-electron chi connectivity index (χ4n) is 6.70. The van der Waals surface area contributed by atoms with Crippen LogP contribution in [0.3, 0.4) is 0 Å². The first-order valence-electron chi connectivity index (χ1n) is 17.8. The van der Waals surface area contributed by atoms with Crippen LogP contribution in [0.25, 0.3) is 53.8 Å². The topological polar surface area (TPSA) is 45.5 Å². The maximum absolute atomic E-state index is 11.4. The van der Waals surface area contributed by atoms with Gasteiger partial charge in [0.1, 0.15) is 10.8 Å². The molecule has 256 valence electrons. The maximum atomic E-state index is 11.4. The molecular weight excluding hydrogens is 641 g/mol. The summed E-state index contributed by atoms with van der Waals surface area (Å²) in [4.78, 5) is 10.4. The molecule has 51 heavy (non-hydrogen) atoms. The molecule has 0 fully saturated rings. The van der Waals surface area contributed by atoms with Crippen LogP contribution in [0.4, 0.5) is 5.69 Å². The van der Waals surface area contributed by atoms with E-state index in [-0.39, 0.29) is 16.6 Å². The summed E-state index contributed by atoms with van der Waals surface area (Å²) in [5.41, 5.74) is 11.3. The van der Waals surface area contributed by atoms with Gasteiger partial charge in [-0.05, 0) is 85.7 Å². The van der Waals surface area contributed by atoms with Crippen LogP contribution >= 0.6 is 11.3 Å². The minimum Gasteiger partial charge on any atom is -0.507 e. The van der Waals surface area contributed by atoms with Crippen molar-refractivity contribution in [2.45, 2.75) is 72.1 Å². The molecule has 0 saturated heterocycles. The van der Waals surface area contributed by atoms with Crippen molar-refractivity contribution in [2.75, 3.05) is 0 Å². The molecule has 1 heterocycles. The molecule has 0 atom stereocenters. The van der Waals surface area contributed by atoms with Gasteiger partial charge in [-0.2, -0.15) is 0 Å². The third-order valence-corrected chi connectivity index (χ3v) is 10.8. The van der Waals surface area contributed by atoms with Gasteiger partial charge >= 0.3 is 0 Å². The van der Waals surface area contributed by atoms with Gasteiger partial charge in [-0.15, -0.1) is 11.3 Å². The molecule has 4 heteroatoms. The average Bonchev–Trinajstić information content (AvgIpc) is 3.54. The number of aromatic hydroxyl groups is 1. The number of phenols is 1. The monoisotopic (exact) mass is 686 g/mol. The highest BCUT2D eigenvalue weighted by atomic mass is 32.1. The van der Waals surface area contributed by atoms with Crippen LogP contribution in [0, 0.1) is 0 Å². The number of hydrogen-bond acceptors (Lipinski definition) is 4. The molecule has 0 radical (unpaired) electrons. The lowest BCUT2D eigenvalue weighted by molar-refractivity contribution is 0.444. The molecule has 7 rings (SSSR count). The van der Waals surface area contributed by atoms with E-state index in [1.165, 1.54) is 38.6 Å². The standard InChI is InChI=1S/C47H46N2OS/c1-29(2)30-20-22-31(23-21-30)33-25-39(37-18-13-15-32-14-9-10-16-36(32)37)43-42(26-33)51-45(49-43)38-17-11-12-19-41(38)48-28-34-24-35(46(3,4)5)27-40(44(34)50)47(6,7)8/h9-29,50H,1-8H3. The largest absolute Gasteiger partial charge is 0.507 e. The molecule has 0 unspecified atom stereocenters. The molecule has 0 aliphatic rings. The number of hydrogen-bond donors (Lipinski definition) is 1. The molecule has 0 amide bonds. The van der Waals surface area contributed by atoms with Gasteiger partial charge in [-0.1, -0.05) is 140 Å². The lowest BCUT2D eigenvalue weighted by atomic mass is 9.79. The van der Waals surface area contributed by atoms with Crippen molar-refractivity contribution in [3.05, 3.63) is 138 Å². The van der Waals surface area contributed by atoms with Crippen LogP contribution in [0.5, 0.6) is 5.75 Å². The smallest absolute Gasteiger partial charge is 0.128 e. The van der Waals surface area contributed by atoms with E-state index in [1.54, 1.807) is 11.3 Å². The van der Waals surface area contributed by atoms with E-state index >= 15 is 0 Å². The van der Waals surface area contributed by atoms with Crippen LogP contribution in [0.2, 0.25) is 0 Å². The number of rotatable bonds is 6. The van der Waals surface area contributed by atoms with Crippen LogP contribution in [0.15, 0.2) is 120 Å². The van der Waals surface area contributed by atoms with Gasteiger partial charge in [0.15, 0.2) is 0 Å². The van der Waals surface area contributed by atoms with Gasteiger partial charge in [0, 0.05) is 28.5 Å². The number of phenolic OH excluding ortho intramolecular Hbond substituents is 1. The first-order chi connectivity index (χ1) is 24.3. The fourth-order valence-corrected chi connectivity index (χ4v) is 7.77. The summed E-state index contributed by atoms with van der Waals surface area (Å²) in [6.45, 7) is 17.5. The minimum absolute atomic E-state index is 0.0771. The Labute approximate surface area is 306 Å². The number of nitrogens with zero attached hydrogens (tertiary/aromatic N) is 2. The number of para-hydroxylation sites is 1. The van der Waals surface area contributed by atoms with Crippen LogP contribution in [0.1, 0.15) is 83.6 Å². The molecular formula is C47H46N2OS. The Bertz CT molecular complexity index is 2410. The lowest BCUT2D eigenvalue weighted by Crippen LogP contribution is -2.17. The molecule has 0 bridgehead atoms. The molecule has 1 N–H and O–H groups in total. The summed E-state index contributed by atoms with van der Waals surface area (Å²) in [6, 6.07) is 41.0. The summed E-state index contributed by atoms with van der Waals surface area (Å²) in [5.74, 6) is 0.761. The molecule has 6 aromatic carbocycles. The van der Waals surface area contributed by atoms with Crippen LogP contribution in [-0.4, -0.2) is 16.3 Å². The van der Waals surface area contributed by atoms with E-state index in [4.69, 9.17) is 9.98 Å². The highest BCUT2D eigenvalue weighted by molar-refractivity contribution is 7.21. The lowest BCUT2D eigenvalue weighted by Gasteiger charge is -2.27. The van der Waals surface area contributed by atoms with E-state index in [9.17, 15) is 5.11 Å². The molecule has 0 aliphatic carbocycles. The Kier molecular flexibility index (Phi) is 8.93. The quantitative estimate of drug-likeness (QED) is 0.177. The summed E-state index contributed by atoms with van der Waals surface area (Å²) in [5, 5.41) is 14.8. The van der Waals surface area contributed by atoms with Gasteiger partial charge in [-0.25, -0.2) is 4.98 Å². The second-order valence-electron chi connectivity index (χ2n) is 15.9. The Morgan fingerprint density at radius 1 is 0.686 bits per heavy atom. The van der Waals surface area contributed by atoms with E-state index in [0.717, 1.165) is 43.2 Å². The molecule has 1 aromatic heterocycles. The predicted molar refractivity (Wildman–Crippen MR) is 220 cm³/mol. The first-order valence-corrected chi connectivity index (χ1v) is 18.6. The number of aromatic nitrogens is 1. The molecule has 3 nitrogen and oxygen atoms in total. The Morgan fingerprint density at radius 3 is 2.10 bits per heavy atom. The van der Waals surface area contributed by atoms with E-state index in [0.29, 0.717) is 5.92 Å². The Balaban J connectivity index is 1.39. The van der Waals surface area contributed by atoms with Crippen molar-refractivity contribution in [1.29, 1.82) is 0 Å². The second-order valence-corrected chi connectivity index (χ2v) is 17.0. The SMILES string of the molecule is CC(C)c1ccc(-c2cc(-c3cccc4ccccc34)c3nc(-c4ccccc4N=Cc4cc(C(C)(C)C)cc(C(C)(C)C)c4O)sc3c2)cc1. The number of aliphatic imine (C=N–C) groups is 1. The summed E-state index contributed by atoms with van der Waals surface area (Å²) in [6.07, 6.45) is 1.81. The van der Waals surface area contributed by atoms with Crippen molar-refractivity contribution in [2.24, 2.45) is 4.99 Å². The van der Waals surface area contributed by atoms with Gasteiger partial charge in [-0.3, -0.25) is 4.99 Å². The highest BCUT2D eigenvalue weighted by Crippen LogP contribution is 2.43. The second kappa shape index (κ2) is 13.2. The summed E-state index contributed by atoms with van der Waals surface area (Å²) >= 11 is 1.70. The van der Waals surface area contributed by atoms with Gasteiger partial charge < -0.3 is 5.11 Å². The maximum Gasteiger partial charge on any atom is 0.128 e. The number of thiazole rings is 1. The summed E-state index contributed by atoms with van der Waals surface area (Å²) in [7, 11) is 0. The number of benzene rings is 6. The zero-order valence-corrected chi connectivity index (χ0v) is 31.7. The zero-order valence-electron chi connectivity index (χ0n) is 30.9. The molecule has 0 spiro atoms. The van der Waals surface area contributed by atoms with Crippen molar-refractivity contribution >= 4 is 44.2 Å². The Hall–Kier alpha value is -5.06. The van der Waals surface area contributed by atoms with Crippen molar-refractivity contribution in [3.63, 3.8) is 0 Å². The highest BCUT2D eigenvalue weighted by Gasteiger charge is 2.25. The molecule has 0 aliphatic heterocycles. The minimum atomic E-state index is -0.218. The van der Waals surface area contributed by atoms with Crippen LogP contribution < -0.4 is 0 Å². The van der Waals surface area contributed by atoms with Crippen molar-refractivity contribution in [1.82, 2.24) is 4.98 Å². The van der Waals surface area contributed by atoms with Gasteiger partial charge in [0.2, 0.25) is 0 Å². The predicted octanol–water partition coefficient (Wildman–Crippen LogP) is 13.6. The van der Waals surface area contributed by atoms with E-state index < -0.39 is 0 Å². The Morgan fingerprint density at radius 2 is 1.37 bits per heavy atom. The van der Waals surface area contributed by atoms with Crippen molar-refractivity contribution in [3.8, 4) is 38.6 Å². The molecule has 7 aromatic rings. The fraction of sp³-hybridized carbons (Fsp3) is 0.234. The first kappa shape index (κ1) is 34.4. The van der Waals surface area contributed by atoms with Crippen molar-refractivity contribution < 1.29 is 5.11 Å². The third-order valence-electron chi connectivity index (χ3n) is 9.78. The van der Waals surface area contributed by atoms with Gasteiger partial charge in [0.05, 0.1) is 15.9 Å². The van der Waals surface area contributed by atoms with Gasteiger partial charge in [0.25, 0.3) is 0 Å². The third kappa shape index (κ3) is 6.86. The summed E-state index contributed by atoms with van der Waals surface area (Å²) < 4.78 is 1.13. The normalized spacial score (nSPS) is 12.5. The van der Waals surface area contributed by atoms with Crippen LogP contribution in [-0.2, 0) is 10.8 Å².